The second kappa shape index (κ2) is 7.27. The van der Waals surface area contributed by atoms with Crippen molar-refractivity contribution in [1.29, 1.82) is 0 Å². The Bertz CT molecular complexity index is 1090. The summed E-state index contributed by atoms with van der Waals surface area (Å²) in [7, 11) is 0. The van der Waals surface area contributed by atoms with Crippen molar-refractivity contribution in [1.82, 2.24) is 25.2 Å². The maximum Gasteiger partial charge on any atom is 0.180 e. The SMILES string of the molecule is N/C=C(\NN)c1ncc2c(-c3ccccc3)nn(Cc3ccccc3)c2n1. The zero-order valence-electron chi connectivity index (χ0n) is 14.6. The molecule has 0 fully saturated rings. The zero-order valence-corrected chi connectivity index (χ0v) is 14.6. The Balaban J connectivity index is 1.90. The molecule has 0 saturated carbocycles. The summed E-state index contributed by atoms with van der Waals surface area (Å²) in [5, 5.41) is 5.69. The largest absolute Gasteiger partial charge is 0.403 e. The van der Waals surface area contributed by atoms with Gasteiger partial charge in [-0.15, -0.1) is 0 Å². The number of nitrogens with one attached hydrogen (secondary N) is 1. The van der Waals surface area contributed by atoms with E-state index >= 15 is 0 Å². The lowest BCUT2D eigenvalue weighted by Crippen LogP contribution is -2.22. The monoisotopic (exact) mass is 357 g/mol. The van der Waals surface area contributed by atoms with Gasteiger partial charge in [0.2, 0.25) is 0 Å². The second-order valence-corrected chi connectivity index (χ2v) is 6.01. The molecule has 0 unspecified atom stereocenters. The number of hydrogen-bond acceptors (Lipinski definition) is 6. The van der Waals surface area contributed by atoms with E-state index in [4.69, 9.17) is 16.7 Å². The third-order valence-electron chi connectivity index (χ3n) is 4.27. The van der Waals surface area contributed by atoms with E-state index in [-0.39, 0.29) is 0 Å². The fourth-order valence-corrected chi connectivity index (χ4v) is 2.95. The molecule has 134 valence electrons. The molecule has 0 aliphatic heterocycles. The van der Waals surface area contributed by atoms with Gasteiger partial charge in [0, 0.05) is 18.0 Å². The minimum atomic E-state index is 0.418. The Labute approximate surface area is 156 Å². The van der Waals surface area contributed by atoms with Gasteiger partial charge in [-0.25, -0.2) is 14.6 Å². The van der Waals surface area contributed by atoms with Gasteiger partial charge in [0.1, 0.15) is 11.4 Å². The molecule has 2 aromatic carbocycles. The van der Waals surface area contributed by atoms with E-state index in [1.165, 1.54) is 6.20 Å². The molecule has 0 aliphatic carbocycles. The van der Waals surface area contributed by atoms with Crippen LogP contribution in [0.15, 0.2) is 73.1 Å². The predicted molar refractivity (Wildman–Crippen MR) is 106 cm³/mol. The Kier molecular flexibility index (Phi) is 4.51. The average molecular weight is 357 g/mol. The maximum absolute atomic E-state index is 5.61. The number of benzene rings is 2. The molecule has 7 heteroatoms. The van der Waals surface area contributed by atoms with Crippen LogP contribution in [0.4, 0.5) is 0 Å². The Morgan fingerprint density at radius 3 is 2.41 bits per heavy atom. The van der Waals surface area contributed by atoms with Crippen molar-refractivity contribution in [3.05, 3.63) is 84.4 Å². The Morgan fingerprint density at radius 1 is 1.04 bits per heavy atom. The molecule has 27 heavy (non-hydrogen) atoms. The summed E-state index contributed by atoms with van der Waals surface area (Å²) < 4.78 is 1.88. The van der Waals surface area contributed by atoms with Crippen LogP contribution in [0.5, 0.6) is 0 Å². The van der Waals surface area contributed by atoms with Crippen molar-refractivity contribution >= 4 is 16.7 Å². The fourth-order valence-electron chi connectivity index (χ4n) is 2.95. The van der Waals surface area contributed by atoms with E-state index in [9.17, 15) is 0 Å². The van der Waals surface area contributed by atoms with Crippen molar-refractivity contribution in [3.8, 4) is 11.3 Å². The molecule has 0 bridgehead atoms. The van der Waals surface area contributed by atoms with Crippen LogP contribution < -0.4 is 17.0 Å². The highest BCUT2D eigenvalue weighted by atomic mass is 15.3. The van der Waals surface area contributed by atoms with Gasteiger partial charge in [0.25, 0.3) is 0 Å². The Hall–Kier alpha value is -3.71. The van der Waals surface area contributed by atoms with Gasteiger partial charge in [-0.3, -0.25) is 5.84 Å². The molecular weight excluding hydrogens is 338 g/mol. The fraction of sp³-hybridized carbons (Fsp3) is 0.0500. The van der Waals surface area contributed by atoms with Gasteiger partial charge in [-0.1, -0.05) is 60.7 Å². The second-order valence-electron chi connectivity index (χ2n) is 6.01. The van der Waals surface area contributed by atoms with Gasteiger partial charge < -0.3 is 11.2 Å². The number of rotatable bonds is 5. The standard InChI is InChI=1S/C20H19N7/c21-11-17(25-22)19-23-12-16-18(15-9-5-2-6-10-15)26-27(20(16)24-19)13-14-7-3-1-4-8-14/h1-12,25H,13,21-22H2/b17-11-. The molecule has 0 saturated heterocycles. The molecule has 0 radical (unpaired) electrons. The molecule has 4 rings (SSSR count). The molecule has 2 aromatic heterocycles. The molecule has 7 nitrogen and oxygen atoms in total. The van der Waals surface area contributed by atoms with Crippen LogP contribution in [0, 0.1) is 0 Å². The first-order valence-electron chi connectivity index (χ1n) is 8.52. The molecule has 0 amide bonds. The van der Waals surface area contributed by atoms with Crippen molar-refractivity contribution in [2.24, 2.45) is 11.6 Å². The van der Waals surface area contributed by atoms with E-state index in [0.29, 0.717) is 18.1 Å². The molecule has 5 N–H and O–H groups in total. The van der Waals surface area contributed by atoms with Crippen LogP contribution in [0.3, 0.4) is 0 Å². The summed E-state index contributed by atoms with van der Waals surface area (Å²) in [4.78, 5) is 9.06. The zero-order chi connectivity index (χ0) is 18.6. The average Bonchev–Trinajstić information content (AvgIpc) is 3.08. The quantitative estimate of drug-likeness (QED) is 0.373. The molecule has 0 spiro atoms. The minimum absolute atomic E-state index is 0.418. The third kappa shape index (κ3) is 3.23. The van der Waals surface area contributed by atoms with E-state index in [1.54, 1.807) is 6.20 Å². The summed E-state index contributed by atoms with van der Waals surface area (Å²) in [6.45, 7) is 0.596. The minimum Gasteiger partial charge on any atom is -0.403 e. The number of fused-ring (bicyclic) bond motifs is 1. The van der Waals surface area contributed by atoms with Gasteiger partial charge in [0.05, 0.1) is 11.9 Å². The molecule has 4 aromatic rings. The lowest BCUT2D eigenvalue weighted by molar-refractivity contribution is 0.705. The summed E-state index contributed by atoms with van der Waals surface area (Å²) in [6.07, 6.45) is 3.10. The highest BCUT2D eigenvalue weighted by molar-refractivity contribution is 5.91. The molecular formula is C20H19N7. The number of hydrogen-bond donors (Lipinski definition) is 3. The maximum atomic E-state index is 5.61. The number of nitrogens with two attached hydrogens (primary N) is 2. The van der Waals surface area contributed by atoms with Crippen LogP contribution in [0.1, 0.15) is 11.4 Å². The first-order chi connectivity index (χ1) is 13.3. The van der Waals surface area contributed by atoms with Crippen LogP contribution in [0.25, 0.3) is 28.0 Å². The molecule has 2 heterocycles. The van der Waals surface area contributed by atoms with Crippen molar-refractivity contribution in [3.63, 3.8) is 0 Å². The summed E-state index contributed by atoms with van der Waals surface area (Å²) in [5.41, 5.74) is 12.3. The van der Waals surface area contributed by atoms with Crippen LogP contribution >= 0.6 is 0 Å². The van der Waals surface area contributed by atoms with Gasteiger partial charge in [-0.05, 0) is 5.56 Å². The highest BCUT2D eigenvalue weighted by Crippen LogP contribution is 2.27. The van der Waals surface area contributed by atoms with E-state index in [2.05, 4.69) is 27.5 Å². The topological polar surface area (TPSA) is 108 Å². The highest BCUT2D eigenvalue weighted by Gasteiger charge is 2.16. The molecule has 0 aliphatic rings. The lowest BCUT2D eigenvalue weighted by atomic mass is 10.1. The van der Waals surface area contributed by atoms with Gasteiger partial charge >= 0.3 is 0 Å². The van der Waals surface area contributed by atoms with E-state index in [1.807, 2.05) is 53.2 Å². The van der Waals surface area contributed by atoms with Crippen LogP contribution in [-0.2, 0) is 6.54 Å². The van der Waals surface area contributed by atoms with Crippen LogP contribution in [-0.4, -0.2) is 19.7 Å². The van der Waals surface area contributed by atoms with E-state index in [0.717, 1.165) is 27.9 Å². The smallest absolute Gasteiger partial charge is 0.180 e. The van der Waals surface area contributed by atoms with Crippen molar-refractivity contribution < 1.29 is 0 Å². The first kappa shape index (κ1) is 16.7. The van der Waals surface area contributed by atoms with Crippen LogP contribution in [0.2, 0.25) is 0 Å². The first-order valence-corrected chi connectivity index (χ1v) is 8.52. The summed E-state index contributed by atoms with van der Waals surface area (Å²) in [6, 6.07) is 20.1. The Morgan fingerprint density at radius 2 is 1.74 bits per heavy atom. The van der Waals surface area contributed by atoms with E-state index < -0.39 is 0 Å². The number of aromatic nitrogens is 4. The van der Waals surface area contributed by atoms with Gasteiger partial charge in [0.15, 0.2) is 11.5 Å². The van der Waals surface area contributed by atoms with Crippen molar-refractivity contribution in [2.75, 3.05) is 0 Å². The van der Waals surface area contributed by atoms with Crippen molar-refractivity contribution in [2.45, 2.75) is 6.54 Å². The number of nitrogens with zero attached hydrogens (tertiary/aromatic N) is 4. The number of hydrazine groups is 1. The van der Waals surface area contributed by atoms with Gasteiger partial charge in [-0.2, -0.15) is 5.10 Å². The third-order valence-corrected chi connectivity index (χ3v) is 4.27. The summed E-state index contributed by atoms with van der Waals surface area (Å²) in [5.74, 6) is 5.93. The summed E-state index contributed by atoms with van der Waals surface area (Å²) >= 11 is 0. The normalized spacial score (nSPS) is 11.7. The molecule has 0 atom stereocenters. The predicted octanol–water partition coefficient (Wildman–Crippen LogP) is 2.26. The lowest BCUT2D eigenvalue weighted by Gasteiger charge is -2.06.